The van der Waals surface area contributed by atoms with Gasteiger partial charge in [0.15, 0.2) is 0 Å². The van der Waals surface area contributed by atoms with Gasteiger partial charge in [-0.3, -0.25) is 0 Å². The van der Waals surface area contributed by atoms with Gasteiger partial charge in [0.1, 0.15) is 11.2 Å². The third kappa shape index (κ3) is 5.15. The zero-order chi connectivity index (χ0) is 41.9. The molecule has 3 heterocycles. The van der Waals surface area contributed by atoms with Gasteiger partial charge in [-0.2, -0.15) is 0 Å². The number of aromatic nitrogens is 1. The normalized spacial score (nSPS) is 12.1. The van der Waals surface area contributed by atoms with Gasteiger partial charge in [0.25, 0.3) is 0 Å². The largest absolute Gasteiger partial charge is 0.456 e. The summed E-state index contributed by atoms with van der Waals surface area (Å²) in [4.78, 5) is 2.41. The quantitative estimate of drug-likeness (QED) is 0.161. The lowest BCUT2D eigenvalue weighted by Gasteiger charge is -2.26. The van der Waals surface area contributed by atoms with Crippen LogP contribution in [-0.4, -0.2) is 4.57 Å². The molecule has 64 heavy (non-hydrogen) atoms. The average Bonchev–Trinajstić information content (AvgIpc) is 4.03. The smallest absolute Gasteiger partial charge is 0.138 e. The van der Waals surface area contributed by atoms with Crippen LogP contribution >= 0.6 is 11.3 Å². The third-order valence-corrected chi connectivity index (χ3v) is 14.5. The van der Waals surface area contributed by atoms with E-state index >= 15 is 0 Å². The van der Waals surface area contributed by atoms with Crippen molar-refractivity contribution in [2.75, 3.05) is 4.90 Å². The highest BCUT2D eigenvalue weighted by molar-refractivity contribution is 7.25. The van der Waals surface area contributed by atoms with E-state index in [-0.39, 0.29) is 0 Å². The van der Waals surface area contributed by atoms with Gasteiger partial charge < -0.3 is 13.9 Å². The lowest BCUT2D eigenvalue weighted by molar-refractivity contribution is 0.669. The maximum absolute atomic E-state index is 6.84. The molecule has 11 aromatic carbocycles. The standard InChI is InChI=1S/C60H36N2OS/c1-3-15-38(16-4-1)61(41-29-32-57-50(34-41)47-23-12-14-26-56(47)64-57)40-28-31-52-51(35-40)59-53(62(52)39-17-5-2-6-18-39)36-55-60(48-24-11-13-25-54(48)63-55)58(59)37-27-30-46-44-21-8-7-19-42(44)43-20-9-10-22-45(43)49(46)33-37/h1-36H. The number of fused-ring (bicyclic) bond motifs is 15. The second-order valence-corrected chi connectivity index (χ2v) is 17.9. The van der Waals surface area contributed by atoms with E-state index in [0.29, 0.717) is 0 Å². The molecule has 0 bridgehead atoms. The number of anilines is 3. The van der Waals surface area contributed by atoms with Crippen molar-refractivity contribution in [1.29, 1.82) is 0 Å². The summed E-state index contributed by atoms with van der Waals surface area (Å²) >= 11 is 1.85. The molecule has 0 saturated carbocycles. The lowest BCUT2D eigenvalue weighted by Crippen LogP contribution is -2.09. The van der Waals surface area contributed by atoms with Gasteiger partial charge in [-0.05, 0) is 117 Å². The maximum Gasteiger partial charge on any atom is 0.138 e. The van der Waals surface area contributed by atoms with Gasteiger partial charge in [-0.25, -0.2) is 0 Å². The first kappa shape index (κ1) is 35.4. The first-order chi connectivity index (χ1) is 31.7. The van der Waals surface area contributed by atoms with Gasteiger partial charge in [0.05, 0.1) is 11.0 Å². The summed E-state index contributed by atoms with van der Waals surface area (Å²) in [6.45, 7) is 0. The van der Waals surface area contributed by atoms with Crippen LogP contribution in [0.4, 0.5) is 17.1 Å². The highest BCUT2D eigenvalue weighted by atomic mass is 32.1. The molecule has 0 radical (unpaired) electrons. The van der Waals surface area contributed by atoms with Crippen molar-refractivity contribution >= 4 is 125 Å². The Bertz CT molecular complexity index is 4160. The fourth-order valence-electron chi connectivity index (χ4n) is 10.6. The molecule has 4 heteroatoms. The van der Waals surface area contributed by atoms with Crippen LogP contribution in [0.25, 0.3) is 113 Å². The first-order valence-electron chi connectivity index (χ1n) is 21.8. The summed E-state index contributed by atoms with van der Waals surface area (Å²) in [5, 5.41) is 14.7. The van der Waals surface area contributed by atoms with Crippen LogP contribution in [0.2, 0.25) is 0 Å². The highest BCUT2D eigenvalue weighted by Gasteiger charge is 2.25. The molecule has 0 atom stereocenters. The SMILES string of the molecule is c1ccc(N(c2ccc3sc4ccccc4c3c2)c2ccc3c(c2)c2c(-c4ccc5c6ccccc6c6ccccc6c5c4)c4c(cc2n3-c2ccccc2)oc2ccccc24)cc1. The molecule has 3 nitrogen and oxygen atoms in total. The summed E-state index contributed by atoms with van der Waals surface area (Å²) in [5.41, 5.74) is 10.7. The number of furan rings is 1. The van der Waals surface area contributed by atoms with E-state index in [2.05, 4.69) is 228 Å². The molecule has 298 valence electrons. The fraction of sp³-hybridized carbons (Fsp3) is 0. The summed E-state index contributed by atoms with van der Waals surface area (Å²) in [6, 6.07) is 79.8. The number of thiophene rings is 1. The van der Waals surface area contributed by atoms with Gasteiger partial charge in [0, 0.05) is 76.1 Å². The molecular formula is C60H36N2OS. The second kappa shape index (κ2) is 13.7. The molecular weight excluding hydrogens is 797 g/mol. The third-order valence-electron chi connectivity index (χ3n) is 13.3. The van der Waals surface area contributed by atoms with E-state index in [9.17, 15) is 0 Å². The molecule has 0 aliphatic carbocycles. The zero-order valence-electron chi connectivity index (χ0n) is 34.5. The minimum Gasteiger partial charge on any atom is -0.456 e. The van der Waals surface area contributed by atoms with Crippen molar-refractivity contribution in [2.45, 2.75) is 0 Å². The van der Waals surface area contributed by atoms with E-state index < -0.39 is 0 Å². The van der Waals surface area contributed by atoms with Crippen molar-refractivity contribution in [2.24, 2.45) is 0 Å². The van der Waals surface area contributed by atoms with Gasteiger partial charge >= 0.3 is 0 Å². The van der Waals surface area contributed by atoms with Crippen LogP contribution in [0, 0.1) is 0 Å². The molecule has 0 unspecified atom stereocenters. The van der Waals surface area contributed by atoms with Crippen LogP contribution in [0.5, 0.6) is 0 Å². The van der Waals surface area contributed by atoms with Crippen molar-refractivity contribution in [3.8, 4) is 16.8 Å². The van der Waals surface area contributed by atoms with Crippen LogP contribution in [0.3, 0.4) is 0 Å². The molecule has 14 aromatic rings. The number of hydrogen-bond donors (Lipinski definition) is 0. The van der Waals surface area contributed by atoms with E-state index in [4.69, 9.17) is 4.42 Å². The molecule has 0 N–H and O–H groups in total. The topological polar surface area (TPSA) is 21.3 Å². The number of para-hydroxylation sites is 3. The van der Waals surface area contributed by atoms with Gasteiger partial charge in [-0.1, -0.05) is 133 Å². The summed E-state index contributed by atoms with van der Waals surface area (Å²) < 4.78 is 11.9. The molecule has 0 saturated heterocycles. The van der Waals surface area contributed by atoms with Crippen molar-refractivity contribution in [3.05, 3.63) is 218 Å². The molecule has 3 aromatic heterocycles. The van der Waals surface area contributed by atoms with E-state index in [1.54, 1.807) is 0 Å². The summed E-state index contributed by atoms with van der Waals surface area (Å²) in [6.07, 6.45) is 0. The average molecular weight is 833 g/mol. The number of benzene rings is 11. The Morgan fingerprint density at radius 2 is 0.922 bits per heavy atom. The van der Waals surface area contributed by atoms with Crippen molar-refractivity contribution in [1.82, 2.24) is 4.57 Å². The Kier molecular flexibility index (Phi) is 7.56. The Balaban J connectivity index is 1.12. The Labute approximate surface area is 371 Å². The predicted molar refractivity (Wildman–Crippen MR) is 274 cm³/mol. The second-order valence-electron chi connectivity index (χ2n) is 16.8. The molecule has 0 aliphatic rings. The number of nitrogens with zero attached hydrogens (tertiary/aromatic N) is 2. The molecule has 0 fully saturated rings. The van der Waals surface area contributed by atoms with Crippen molar-refractivity contribution in [3.63, 3.8) is 0 Å². The van der Waals surface area contributed by atoms with Crippen LogP contribution in [-0.2, 0) is 0 Å². The van der Waals surface area contributed by atoms with Crippen molar-refractivity contribution < 1.29 is 4.42 Å². The van der Waals surface area contributed by atoms with E-state index in [1.165, 1.54) is 68.8 Å². The predicted octanol–water partition coefficient (Wildman–Crippen LogP) is 17.6. The fourth-order valence-corrected chi connectivity index (χ4v) is 11.7. The molecule has 0 aliphatic heterocycles. The minimum atomic E-state index is 0.870. The van der Waals surface area contributed by atoms with Crippen LogP contribution < -0.4 is 4.90 Å². The van der Waals surface area contributed by atoms with E-state index in [1.807, 2.05) is 11.3 Å². The first-order valence-corrected chi connectivity index (χ1v) is 22.6. The monoisotopic (exact) mass is 832 g/mol. The number of rotatable bonds is 5. The molecule has 0 amide bonds. The van der Waals surface area contributed by atoms with E-state index in [0.717, 1.165) is 61.3 Å². The Morgan fingerprint density at radius 3 is 1.67 bits per heavy atom. The van der Waals surface area contributed by atoms with Crippen LogP contribution in [0.15, 0.2) is 223 Å². The van der Waals surface area contributed by atoms with Crippen LogP contribution in [0.1, 0.15) is 0 Å². The lowest BCUT2D eigenvalue weighted by atomic mass is 9.89. The number of hydrogen-bond acceptors (Lipinski definition) is 3. The summed E-state index contributed by atoms with van der Waals surface area (Å²) in [5.74, 6) is 0. The van der Waals surface area contributed by atoms with Gasteiger partial charge in [-0.15, -0.1) is 11.3 Å². The zero-order valence-corrected chi connectivity index (χ0v) is 35.3. The minimum absolute atomic E-state index is 0.870. The maximum atomic E-state index is 6.84. The Hall–Kier alpha value is -8.18. The van der Waals surface area contributed by atoms with Gasteiger partial charge in [0.2, 0.25) is 0 Å². The summed E-state index contributed by atoms with van der Waals surface area (Å²) in [7, 11) is 0. The molecule has 0 spiro atoms. The molecule has 14 rings (SSSR count). The highest BCUT2D eigenvalue weighted by Crippen LogP contribution is 2.49. The Morgan fingerprint density at radius 1 is 0.344 bits per heavy atom.